The van der Waals surface area contributed by atoms with E-state index in [0.717, 1.165) is 51.7 Å². The van der Waals surface area contributed by atoms with Crippen LogP contribution in [0.4, 0.5) is 10.5 Å². The first-order valence-electron chi connectivity index (χ1n) is 14.2. The number of rotatable bonds is 10. The van der Waals surface area contributed by atoms with Crippen LogP contribution >= 0.6 is 0 Å². The zero-order valence-corrected chi connectivity index (χ0v) is 24.8. The van der Waals surface area contributed by atoms with Crippen molar-refractivity contribution in [3.8, 4) is 22.5 Å². The Hall–Kier alpha value is -4.43. The summed E-state index contributed by atoms with van der Waals surface area (Å²) in [7, 11) is 6.25. The normalized spacial score (nSPS) is 14.6. The third kappa shape index (κ3) is 6.55. The molecule has 0 aliphatic heterocycles. The Morgan fingerprint density at radius 3 is 2.12 bits per heavy atom. The topological polar surface area (TPSA) is 90.7 Å². The maximum Gasteiger partial charge on any atom is 0.412 e. The van der Waals surface area contributed by atoms with Gasteiger partial charge < -0.3 is 18.5 Å². The minimum atomic E-state index is -0.582. The average Bonchev–Trinajstić information content (AvgIpc) is 3.72. The summed E-state index contributed by atoms with van der Waals surface area (Å²) in [6, 6.07) is 25.5. The van der Waals surface area contributed by atoms with Crippen LogP contribution in [0, 0.1) is 6.92 Å². The number of carbonyl (C=O) groups is 2. The van der Waals surface area contributed by atoms with E-state index < -0.39 is 17.6 Å². The van der Waals surface area contributed by atoms with Gasteiger partial charge in [0.25, 0.3) is 0 Å². The lowest BCUT2D eigenvalue weighted by Crippen LogP contribution is -2.38. The molecule has 42 heavy (non-hydrogen) atoms. The van der Waals surface area contributed by atoms with Gasteiger partial charge in [-0.3, -0.25) is 10.1 Å². The van der Waals surface area contributed by atoms with Crippen LogP contribution in [0.15, 0.2) is 83.4 Å². The summed E-state index contributed by atoms with van der Waals surface area (Å²) in [5, 5.41) is 6.87. The van der Waals surface area contributed by atoms with Crippen LogP contribution in [-0.2, 0) is 19.7 Å². The van der Waals surface area contributed by atoms with Crippen molar-refractivity contribution in [2.45, 2.75) is 38.2 Å². The van der Waals surface area contributed by atoms with Gasteiger partial charge in [0.2, 0.25) is 0 Å². The highest BCUT2D eigenvalue weighted by molar-refractivity contribution is 5.91. The van der Waals surface area contributed by atoms with E-state index in [0.29, 0.717) is 23.7 Å². The zero-order chi connectivity index (χ0) is 29.9. The fraction of sp³-hybridized carbons (Fsp3) is 0.324. The average molecular weight is 569 g/mol. The van der Waals surface area contributed by atoms with Crippen LogP contribution in [0.25, 0.3) is 22.5 Å². The van der Waals surface area contributed by atoms with Crippen molar-refractivity contribution in [2.75, 3.05) is 39.6 Å². The molecule has 1 saturated carbocycles. The van der Waals surface area contributed by atoms with Crippen LogP contribution in [0.3, 0.4) is 0 Å². The second kappa shape index (κ2) is 11.8. The first-order chi connectivity index (χ1) is 20.1. The quantitative estimate of drug-likeness (QED) is 0.165. The molecule has 5 rings (SSSR count). The summed E-state index contributed by atoms with van der Waals surface area (Å²) >= 11 is 0. The maximum absolute atomic E-state index is 12.9. The number of nitrogens with one attached hydrogen (secondary N) is 1. The van der Waals surface area contributed by atoms with Crippen molar-refractivity contribution in [1.29, 1.82) is 0 Å². The van der Waals surface area contributed by atoms with E-state index in [9.17, 15) is 9.59 Å². The van der Waals surface area contributed by atoms with Gasteiger partial charge in [0.05, 0.1) is 26.6 Å². The Morgan fingerprint density at radius 2 is 1.52 bits per heavy atom. The summed E-state index contributed by atoms with van der Waals surface area (Å²) in [6.07, 6.45) is 0.640. The molecule has 1 unspecified atom stereocenters. The molecule has 1 N–H and O–H groups in total. The highest BCUT2D eigenvalue weighted by atomic mass is 16.6. The monoisotopic (exact) mass is 568 g/mol. The smallest absolute Gasteiger partial charge is 0.412 e. The number of aryl methyl sites for hydroxylation is 1. The van der Waals surface area contributed by atoms with Gasteiger partial charge in [-0.15, -0.1) is 0 Å². The van der Waals surface area contributed by atoms with E-state index in [4.69, 9.17) is 14.0 Å². The number of hydrogen-bond acceptors (Lipinski definition) is 6. The number of ether oxygens (including phenoxy) is 2. The largest absolute Gasteiger partial charge is 0.459 e. The summed E-state index contributed by atoms with van der Waals surface area (Å²) in [5.74, 6) is 0.330. The molecule has 218 valence electrons. The van der Waals surface area contributed by atoms with Gasteiger partial charge in [0.1, 0.15) is 30.6 Å². The number of esters is 1. The Bertz CT molecular complexity index is 1530. The van der Waals surface area contributed by atoms with Crippen molar-refractivity contribution in [2.24, 2.45) is 0 Å². The molecule has 1 aliphatic carbocycles. The molecule has 3 aromatic carbocycles. The highest BCUT2D eigenvalue weighted by Crippen LogP contribution is 2.49. The SMILES string of the molecule is Cc1noc(-c2ccc(-c3ccc(C4(C(=O)OCC[N+](C)(C)C)CC4)cc3)cc2)c1NC(=O)OC(C)c1ccccc1. The summed E-state index contributed by atoms with van der Waals surface area (Å²) in [6.45, 7) is 4.79. The molecular formula is C34H38N3O5+. The molecule has 4 aromatic rings. The van der Waals surface area contributed by atoms with Crippen molar-refractivity contribution < 1.29 is 28.1 Å². The molecule has 8 heteroatoms. The van der Waals surface area contributed by atoms with Gasteiger partial charge in [0, 0.05) is 5.56 Å². The molecule has 1 fully saturated rings. The summed E-state index contributed by atoms with van der Waals surface area (Å²) in [4.78, 5) is 25.5. The summed E-state index contributed by atoms with van der Waals surface area (Å²) in [5.41, 5.74) is 5.24. The van der Waals surface area contributed by atoms with Crippen molar-refractivity contribution in [3.63, 3.8) is 0 Å². The second-order valence-corrected chi connectivity index (χ2v) is 11.9. The minimum absolute atomic E-state index is 0.127. The van der Waals surface area contributed by atoms with E-state index >= 15 is 0 Å². The maximum atomic E-state index is 12.9. The van der Waals surface area contributed by atoms with Crippen LogP contribution in [-0.4, -0.2) is 56.0 Å². The number of anilines is 1. The number of carbonyl (C=O) groups excluding carboxylic acids is 2. The molecule has 8 nitrogen and oxygen atoms in total. The Kier molecular flexibility index (Phi) is 8.18. The molecule has 0 spiro atoms. The number of likely N-dealkylation sites (N-methyl/N-ethyl adjacent to an activating group) is 1. The predicted octanol–water partition coefficient (Wildman–Crippen LogP) is 6.91. The molecule has 0 radical (unpaired) electrons. The van der Waals surface area contributed by atoms with E-state index in [1.54, 1.807) is 6.92 Å². The third-order valence-electron chi connectivity index (χ3n) is 7.70. The molecule has 0 saturated heterocycles. The van der Waals surface area contributed by atoms with E-state index in [2.05, 4.69) is 31.6 Å². The number of aromatic nitrogens is 1. The van der Waals surface area contributed by atoms with Crippen LogP contribution in [0.5, 0.6) is 0 Å². The Balaban J connectivity index is 1.24. The molecule has 1 amide bonds. The molecule has 1 heterocycles. The van der Waals surface area contributed by atoms with E-state index in [1.165, 1.54) is 0 Å². The third-order valence-corrected chi connectivity index (χ3v) is 7.70. The molecule has 1 aliphatic rings. The van der Waals surface area contributed by atoms with Gasteiger partial charge in [-0.1, -0.05) is 84.0 Å². The fourth-order valence-corrected chi connectivity index (χ4v) is 4.88. The Labute approximate surface area is 246 Å². The van der Waals surface area contributed by atoms with E-state index in [1.807, 2.05) is 85.8 Å². The number of amides is 1. The first kappa shape index (κ1) is 29.1. The second-order valence-electron chi connectivity index (χ2n) is 11.9. The number of nitrogens with zero attached hydrogens (tertiary/aromatic N) is 2. The predicted molar refractivity (Wildman–Crippen MR) is 162 cm³/mol. The lowest BCUT2D eigenvalue weighted by Gasteiger charge is -2.24. The van der Waals surface area contributed by atoms with Crippen LogP contribution in [0.1, 0.15) is 42.7 Å². The lowest BCUT2D eigenvalue weighted by atomic mass is 9.93. The highest BCUT2D eigenvalue weighted by Gasteiger charge is 2.52. The van der Waals surface area contributed by atoms with Crippen LogP contribution in [0.2, 0.25) is 0 Å². The summed E-state index contributed by atoms with van der Waals surface area (Å²) < 4.78 is 17.5. The standard InChI is InChI=1S/C34H37N3O5/c1-23-30(35-33(39)41-24(2)25-9-7-6-8-10-25)31(42-36-23)28-13-11-26(12-14-28)27-15-17-29(18-16-27)34(19-20-34)32(38)40-22-21-37(3,4)5/h6-18,24H,19-22H2,1-5H3/p+1. The van der Waals surface area contributed by atoms with Gasteiger partial charge in [-0.25, -0.2) is 4.79 Å². The molecule has 1 aromatic heterocycles. The fourth-order valence-electron chi connectivity index (χ4n) is 4.88. The van der Waals surface area contributed by atoms with Crippen molar-refractivity contribution >= 4 is 17.7 Å². The molecular weight excluding hydrogens is 530 g/mol. The molecule has 0 bridgehead atoms. The van der Waals surface area contributed by atoms with Gasteiger partial charge in [-0.2, -0.15) is 0 Å². The number of hydrogen-bond donors (Lipinski definition) is 1. The van der Waals surface area contributed by atoms with Crippen molar-refractivity contribution in [1.82, 2.24) is 5.16 Å². The lowest BCUT2D eigenvalue weighted by molar-refractivity contribution is -0.870. The Morgan fingerprint density at radius 1 is 0.929 bits per heavy atom. The van der Waals surface area contributed by atoms with Crippen LogP contribution < -0.4 is 5.32 Å². The molecule has 1 atom stereocenters. The first-order valence-corrected chi connectivity index (χ1v) is 14.2. The van der Waals surface area contributed by atoms with Gasteiger partial charge in [0.15, 0.2) is 5.76 Å². The minimum Gasteiger partial charge on any atom is -0.459 e. The number of quaternary nitrogens is 1. The van der Waals surface area contributed by atoms with Gasteiger partial charge >= 0.3 is 12.1 Å². The number of benzene rings is 3. The zero-order valence-electron chi connectivity index (χ0n) is 24.8. The van der Waals surface area contributed by atoms with E-state index in [-0.39, 0.29) is 5.97 Å². The van der Waals surface area contributed by atoms with Crippen molar-refractivity contribution in [3.05, 3.63) is 95.7 Å². The van der Waals surface area contributed by atoms with Gasteiger partial charge in [-0.05, 0) is 48.9 Å².